The van der Waals surface area contributed by atoms with Crippen molar-refractivity contribution < 1.29 is 5.11 Å². The van der Waals surface area contributed by atoms with Crippen LogP contribution in [0.2, 0.25) is 0 Å². The Labute approximate surface area is 90.6 Å². The summed E-state index contributed by atoms with van der Waals surface area (Å²) in [7, 11) is 1.97. The SMILES string of the molecule is CN(CCO)Cc1cccc(CC#N)c1. The van der Waals surface area contributed by atoms with E-state index in [0.29, 0.717) is 13.0 Å². The van der Waals surface area contributed by atoms with Gasteiger partial charge in [-0.15, -0.1) is 0 Å². The number of aliphatic hydroxyl groups is 1. The third-order valence-corrected chi connectivity index (χ3v) is 2.21. The van der Waals surface area contributed by atoms with Crippen LogP contribution < -0.4 is 0 Å². The van der Waals surface area contributed by atoms with Gasteiger partial charge in [-0.3, -0.25) is 4.90 Å². The average molecular weight is 204 g/mol. The normalized spacial score (nSPS) is 10.3. The molecule has 80 valence electrons. The number of likely N-dealkylation sites (N-methyl/N-ethyl adjacent to an activating group) is 1. The van der Waals surface area contributed by atoms with Gasteiger partial charge in [0.05, 0.1) is 19.1 Å². The number of nitrogens with zero attached hydrogens (tertiary/aromatic N) is 2. The quantitative estimate of drug-likeness (QED) is 0.783. The van der Waals surface area contributed by atoms with Gasteiger partial charge >= 0.3 is 0 Å². The van der Waals surface area contributed by atoms with Gasteiger partial charge in [-0.2, -0.15) is 5.26 Å². The summed E-state index contributed by atoms with van der Waals surface area (Å²) >= 11 is 0. The maximum atomic E-state index is 8.77. The van der Waals surface area contributed by atoms with E-state index in [2.05, 4.69) is 6.07 Å². The number of hydrogen-bond donors (Lipinski definition) is 1. The fourth-order valence-corrected chi connectivity index (χ4v) is 1.49. The molecule has 3 nitrogen and oxygen atoms in total. The Morgan fingerprint density at radius 2 is 2.13 bits per heavy atom. The molecular formula is C12H16N2O. The number of rotatable bonds is 5. The highest BCUT2D eigenvalue weighted by molar-refractivity contribution is 5.25. The first-order valence-electron chi connectivity index (χ1n) is 5.00. The van der Waals surface area contributed by atoms with Crippen molar-refractivity contribution in [3.63, 3.8) is 0 Å². The van der Waals surface area contributed by atoms with Gasteiger partial charge in [0.15, 0.2) is 0 Å². The predicted octanol–water partition coefficient (Wildman–Crippen LogP) is 1.18. The maximum absolute atomic E-state index is 8.77. The zero-order chi connectivity index (χ0) is 11.1. The van der Waals surface area contributed by atoms with Crippen LogP contribution in [0.3, 0.4) is 0 Å². The molecule has 0 spiro atoms. The molecule has 0 atom stereocenters. The van der Waals surface area contributed by atoms with Crippen LogP contribution in [-0.2, 0) is 13.0 Å². The standard InChI is InChI=1S/C12H16N2O/c1-14(7-8-15)10-12-4-2-3-11(9-12)5-6-13/h2-4,9,15H,5,7-8,10H2,1H3. The van der Waals surface area contributed by atoms with E-state index in [9.17, 15) is 0 Å². The molecular weight excluding hydrogens is 188 g/mol. The Kier molecular flexibility index (Phi) is 4.82. The van der Waals surface area contributed by atoms with Crippen LogP contribution in [0, 0.1) is 11.3 Å². The van der Waals surface area contributed by atoms with Gasteiger partial charge in [0.25, 0.3) is 0 Å². The zero-order valence-electron chi connectivity index (χ0n) is 8.98. The summed E-state index contributed by atoms with van der Waals surface area (Å²) in [4.78, 5) is 2.05. The molecule has 15 heavy (non-hydrogen) atoms. The third kappa shape index (κ3) is 4.11. The van der Waals surface area contributed by atoms with E-state index in [1.54, 1.807) is 0 Å². The van der Waals surface area contributed by atoms with Crippen molar-refractivity contribution in [3.05, 3.63) is 35.4 Å². The molecule has 0 heterocycles. The highest BCUT2D eigenvalue weighted by Crippen LogP contribution is 2.07. The topological polar surface area (TPSA) is 47.3 Å². The van der Waals surface area contributed by atoms with Gasteiger partial charge in [0, 0.05) is 13.1 Å². The molecule has 0 radical (unpaired) electrons. The summed E-state index contributed by atoms with van der Waals surface area (Å²) < 4.78 is 0. The van der Waals surface area contributed by atoms with E-state index < -0.39 is 0 Å². The molecule has 0 saturated heterocycles. The zero-order valence-corrected chi connectivity index (χ0v) is 8.98. The third-order valence-electron chi connectivity index (χ3n) is 2.21. The Balaban J connectivity index is 2.61. The summed E-state index contributed by atoms with van der Waals surface area (Å²) in [5.74, 6) is 0. The van der Waals surface area contributed by atoms with Gasteiger partial charge < -0.3 is 5.11 Å². The molecule has 1 rings (SSSR count). The molecule has 0 bridgehead atoms. The summed E-state index contributed by atoms with van der Waals surface area (Å²) in [5.41, 5.74) is 2.23. The monoisotopic (exact) mass is 204 g/mol. The van der Waals surface area contributed by atoms with Crippen LogP contribution >= 0.6 is 0 Å². The lowest BCUT2D eigenvalue weighted by Gasteiger charge is -2.15. The van der Waals surface area contributed by atoms with Gasteiger partial charge in [0.1, 0.15) is 0 Å². The first kappa shape index (κ1) is 11.7. The van der Waals surface area contributed by atoms with Gasteiger partial charge in [-0.1, -0.05) is 24.3 Å². The Hall–Kier alpha value is -1.37. The molecule has 0 aliphatic heterocycles. The number of hydrogen-bond acceptors (Lipinski definition) is 3. The Morgan fingerprint density at radius 3 is 2.80 bits per heavy atom. The highest BCUT2D eigenvalue weighted by Gasteiger charge is 2.00. The smallest absolute Gasteiger partial charge is 0.0669 e. The van der Waals surface area contributed by atoms with Crippen molar-refractivity contribution in [3.8, 4) is 6.07 Å². The van der Waals surface area contributed by atoms with Crippen molar-refractivity contribution in [2.24, 2.45) is 0 Å². The van der Waals surface area contributed by atoms with Crippen LogP contribution in [0.4, 0.5) is 0 Å². The summed E-state index contributed by atoms with van der Waals surface area (Å²) in [6, 6.07) is 10.1. The van der Waals surface area contributed by atoms with Crippen LogP contribution in [0.15, 0.2) is 24.3 Å². The van der Waals surface area contributed by atoms with Crippen molar-refractivity contribution in [2.45, 2.75) is 13.0 Å². The molecule has 0 fully saturated rings. The minimum atomic E-state index is 0.175. The van der Waals surface area contributed by atoms with Gasteiger partial charge in [-0.25, -0.2) is 0 Å². The van der Waals surface area contributed by atoms with Crippen molar-refractivity contribution >= 4 is 0 Å². The molecule has 1 aromatic rings. The fourth-order valence-electron chi connectivity index (χ4n) is 1.49. The molecule has 0 aliphatic rings. The molecule has 0 amide bonds. The molecule has 0 unspecified atom stereocenters. The highest BCUT2D eigenvalue weighted by atomic mass is 16.3. The Bertz CT molecular complexity index is 344. The van der Waals surface area contributed by atoms with E-state index in [-0.39, 0.29) is 6.61 Å². The first-order valence-corrected chi connectivity index (χ1v) is 5.00. The molecule has 0 aromatic heterocycles. The van der Waals surface area contributed by atoms with Crippen LogP contribution in [-0.4, -0.2) is 30.2 Å². The largest absolute Gasteiger partial charge is 0.395 e. The van der Waals surface area contributed by atoms with Crippen molar-refractivity contribution in [1.29, 1.82) is 5.26 Å². The summed E-state index contributed by atoms with van der Waals surface area (Å²) in [6.07, 6.45) is 0.456. The van der Waals surface area contributed by atoms with E-state index in [0.717, 1.165) is 12.1 Å². The maximum Gasteiger partial charge on any atom is 0.0669 e. The van der Waals surface area contributed by atoms with Gasteiger partial charge in [-0.05, 0) is 18.2 Å². The predicted molar refractivity (Wildman–Crippen MR) is 59.2 cm³/mol. The average Bonchev–Trinajstić information content (AvgIpc) is 2.19. The lowest BCUT2D eigenvalue weighted by atomic mass is 10.1. The van der Waals surface area contributed by atoms with E-state index >= 15 is 0 Å². The second-order valence-electron chi connectivity index (χ2n) is 3.62. The van der Waals surface area contributed by atoms with Crippen molar-refractivity contribution in [2.75, 3.05) is 20.2 Å². The summed E-state index contributed by atoms with van der Waals surface area (Å²) in [6.45, 7) is 1.65. The van der Waals surface area contributed by atoms with Crippen LogP contribution in [0.5, 0.6) is 0 Å². The molecule has 3 heteroatoms. The molecule has 1 aromatic carbocycles. The second kappa shape index (κ2) is 6.18. The molecule has 0 aliphatic carbocycles. The minimum Gasteiger partial charge on any atom is -0.395 e. The fraction of sp³-hybridized carbons (Fsp3) is 0.417. The number of nitriles is 1. The lowest BCUT2D eigenvalue weighted by molar-refractivity contribution is 0.217. The van der Waals surface area contributed by atoms with Crippen molar-refractivity contribution in [1.82, 2.24) is 4.90 Å². The van der Waals surface area contributed by atoms with E-state index in [4.69, 9.17) is 10.4 Å². The van der Waals surface area contributed by atoms with Crippen LogP contribution in [0.1, 0.15) is 11.1 Å². The molecule has 0 saturated carbocycles. The first-order chi connectivity index (χ1) is 7.26. The summed E-state index contributed by atoms with van der Waals surface area (Å²) in [5, 5.41) is 17.4. The number of benzene rings is 1. The lowest BCUT2D eigenvalue weighted by Crippen LogP contribution is -2.21. The molecule has 1 N–H and O–H groups in total. The van der Waals surface area contributed by atoms with Gasteiger partial charge in [0.2, 0.25) is 0 Å². The number of aliphatic hydroxyl groups excluding tert-OH is 1. The van der Waals surface area contributed by atoms with Crippen LogP contribution in [0.25, 0.3) is 0 Å². The second-order valence-corrected chi connectivity index (χ2v) is 3.62. The Morgan fingerprint density at radius 1 is 1.40 bits per heavy atom. The minimum absolute atomic E-state index is 0.175. The van der Waals surface area contributed by atoms with E-state index in [1.807, 2.05) is 36.2 Å². The van der Waals surface area contributed by atoms with E-state index in [1.165, 1.54) is 5.56 Å².